The van der Waals surface area contributed by atoms with Gasteiger partial charge in [-0.1, -0.05) is 29.3 Å². The van der Waals surface area contributed by atoms with Gasteiger partial charge >= 0.3 is 6.09 Å². The first kappa shape index (κ1) is 22.6. The van der Waals surface area contributed by atoms with Crippen LogP contribution in [0.2, 0.25) is 10.0 Å². The summed E-state index contributed by atoms with van der Waals surface area (Å²) in [7, 11) is 1.94. The van der Waals surface area contributed by atoms with Gasteiger partial charge in [0.05, 0.1) is 17.0 Å². The molecule has 168 valence electrons. The van der Waals surface area contributed by atoms with Crippen molar-refractivity contribution in [3.05, 3.63) is 45.1 Å². The Morgan fingerprint density at radius 1 is 1.32 bits per heavy atom. The summed E-state index contributed by atoms with van der Waals surface area (Å²) in [6.45, 7) is 7.17. The minimum Gasteiger partial charge on any atom is -0.444 e. The van der Waals surface area contributed by atoms with E-state index in [4.69, 9.17) is 33.0 Å². The zero-order valence-electron chi connectivity index (χ0n) is 18.2. The molecule has 0 saturated carbocycles. The molecule has 2 aromatic rings. The molecule has 1 saturated heterocycles. The molecular weight excluding hydrogens is 455 g/mol. The first-order chi connectivity index (χ1) is 14.7. The van der Waals surface area contributed by atoms with Crippen molar-refractivity contribution in [3.63, 3.8) is 0 Å². The van der Waals surface area contributed by atoms with Crippen molar-refractivity contribution in [2.45, 2.75) is 50.5 Å². The van der Waals surface area contributed by atoms with Crippen molar-refractivity contribution in [1.82, 2.24) is 14.7 Å². The highest BCUT2D eigenvalue weighted by Crippen LogP contribution is 2.48. The fourth-order valence-corrected chi connectivity index (χ4v) is 6.08. The van der Waals surface area contributed by atoms with E-state index >= 15 is 0 Å². The van der Waals surface area contributed by atoms with Crippen LogP contribution in [0, 0.1) is 0 Å². The fraction of sp³-hybridized carbons (Fsp3) is 0.545. The maximum atomic E-state index is 12.9. The van der Waals surface area contributed by atoms with Crippen LogP contribution in [0.1, 0.15) is 61.7 Å². The maximum absolute atomic E-state index is 12.9. The Balaban J connectivity index is 1.77. The lowest BCUT2D eigenvalue weighted by molar-refractivity contribution is 0.0220. The van der Waals surface area contributed by atoms with E-state index < -0.39 is 5.60 Å². The SMILES string of the molecule is Cn1nc([C@@H]2CCCN2C(=O)OC(C)(C)C)c2c1NCCSC2c1ccc(Cl)cc1Cl. The average Bonchev–Trinajstić information content (AvgIpc) is 3.20. The number of hydrogen-bond donors (Lipinski definition) is 1. The number of aryl methyl sites for hydroxylation is 1. The highest BCUT2D eigenvalue weighted by Gasteiger charge is 2.39. The van der Waals surface area contributed by atoms with Crippen LogP contribution in [-0.4, -0.2) is 45.2 Å². The number of nitrogens with zero attached hydrogens (tertiary/aromatic N) is 3. The number of amides is 1. The zero-order chi connectivity index (χ0) is 22.3. The normalized spacial score (nSPS) is 21.4. The van der Waals surface area contributed by atoms with E-state index in [9.17, 15) is 4.79 Å². The number of hydrogen-bond acceptors (Lipinski definition) is 5. The molecule has 0 radical (unpaired) electrons. The molecule has 1 aromatic carbocycles. The van der Waals surface area contributed by atoms with Crippen molar-refractivity contribution in [1.29, 1.82) is 0 Å². The zero-order valence-corrected chi connectivity index (χ0v) is 20.6. The second-order valence-corrected chi connectivity index (χ2v) is 11.0. The molecule has 0 bridgehead atoms. The van der Waals surface area contributed by atoms with Gasteiger partial charge in [-0.2, -0.15) is 5.10 Å². The number of aromatic nitrogens is 2. The monoisotopic (exact) mass is 482 g/mol. The third-order valence-electron chi connectivity index (χ3n) is 5.50. The van der Waals surface area contributed by atoms with E-state index in [0.29, 0.717) is 16.6 Å². The van der Waals surface area contributed by atoms with Crippen LogP contribution in [0.4, 0.5) is 10.6 Å². The van der Waals surface area contributed by atoms with E-state index in [1.54, 1.807) is 6.07 Å². The Morgan fingerprint density at radius 2 is 2.10 bits per heavy atom. The molecule has 6 nitrogen and oxygen atoms in total. The smallest absolute Gasteiger partial charge is 0.410 e. The minimum absolute atomic E-state index is 0.000414. The van der Waals surface area contributed by atoms with Crippen LogP contribution < -0.4 is 5.32 Å². The number of rotatable bonds is 2. The largest absolute Gasteiger partial charge is 0.444 e. The summed E-state index contributed by atoms with van der Waals surface area (Å²) in [6.07, 6.45) is 1.49. The third-order valence-corrected chi connectivity index (χ3v) is 7.32. The number of ether oxygens (including phenoxy) is 1. The predicted octanol–water partition coefficient (Wildman–Crippen LogP) is 6.05. The summed E-state index contributed by atoms with van der Waals surface area (Å²) in [5.74, 6) is 1.91. The molecule has 3 heterocycles. The first-order valence-electron chi connectivity index (χ1n) is 10.5. The van der Waals surface area contributed by atoms with Gasteiger partial charge in [-0.25, -0.2) is 4.79 Å². The number of halogens is 2. The fourth-order valence-electron chi connectivity index (χ4n) is 4.25. The summed E-state index contributed by atoms with van der Waals surface area (Å²) < 4.78 is 7.58. The van der Waals surface area contributed by atoms with Crippen LogP contribution in [0.15, 0.2) is 18.2 Å². The van der Waals surface area contributed by atoms with Gasteiger partial charge in [0.15, 0.2) is 0 Å². The van der Waals surface area contributed by atoms with Gasteiger partial charge < -0.3 is 10.1 Å². The second kappa shape index (κ2) is 8.75. The summed E-state index contributed by atoms with van der Waals surface area (Å²) in [6, 6.07) is 5.53. The standard InChI is InChI=1S/C22H28Cl2N4O2S/c1-22(2,3)30-21(29)28-10-5-6-16(28)18-17-19(14-8-7-13(23)12-15(14)24)31-11-9-25-20(17)27(4)26-18/h7-8,12,16,19,25H,5-6,9-11H2,1-4H3/t16-,19?/m0/s1. The third kappa shape index (κ3) is 4.64. The van der Waals surface area contributed by atoms with Crippen LogP contribution in [0.3, 0.4) is 0 Å². The molecule has 1 amide bonds. The Hall–Kier alpha value is -1.57. The lowest BCUT2D eigenvalue weighted by Gasteiger charge is -2.29. The Morgan fingerprint density at radius 3 is 2.81 bits per heavy atom. The maximum Gasteiger partial charge on any atom is 0.410 e. The molecule has 31 heavy (non-hydrogen) atoms. The molecule has 9 heteroatoms. The summed E-state index contributed by atoms with van der Waals surface area (Å²) in [5.41, 5.74) is 2.48. The van der Waals surface area contributed by atoms with E-state index in [1.807, 2.05) is 61.3 Å². The molecule has 1 fully saturated rings. The Labute approximate surface area is 197 Å². The van der Waals surface area contributed by atoms with Gasteiger partial charge in [0.2, 0.25) is 0 Å². The molecule has 1 aromatic heterocycles. The lowest BCUT2D eigenvalue weighted by atomic mass is 9.99. The van der Waals surface area contributed by atoms with Gasteiger partial charge in [0.1, 0.15) is 11.4 Å². The molecule has 2 aliphatic rings. The molecule has 1 N–H and O–H groups in total. The van der Waals surface area contributed by atoms with E-state index in [1.165, 1.54) is 0 Å². The van der Waals surface area contributed by atoms with Crippen LogP contribution in [-0.2, 0) is 11.8 Å². The van der Waals surface area contributed by atoms with Crippen molar-refractivity contribution < 1.29 is 9.53 Å². The molecule has 0 spiro atoms. The number of carbonyl (C=O) groups excluding carboxylic acids is 1. The predicted molar refractivity (Wildman–Crippen MR) is 127 cm³/mol. The number of benzene rings is 1. The van der Waals surface area contributed by atoms with Crippen LogP contribution >= 0.6 is 35.0 Å². The summed E-state index contributed by atoms with van der Waals surface area (Å²) in [5, 5.41) is 9.67. The average molecular weight is 483 g/mol. The van der Waals surface area contributed by atoms with Gasteiger partial charge in [0.25, 0.3) is 0 Å². The molecule has 4 rings (SSSR count). The van der Waals surface area contributed by atoms with Crippen molar-refractivity contribution in [3.8, 4) is 0 Å². The Kier molecular flexibility index (Phi) is 6.39. The van der Waals surface area contributed by atoms with Crippen molar-refractivity contribution >= 4 is 46.9 Å². The first-order valence-corrected chi connectivity index (χ1v) is 12.3. The van der Waals surface area contributed by atoms with E-state index in [2.05, 4.69) is 5.32 Å². The van der Waals surface area contributed by atoms with E-state index in [-0.39, 0.29) is 17.4 Å². The Bertz CT molecular complexity index is 989. The summed E-state index contributed by atoms with van der Waals surface area (Å²) >= 11 is 14.6. The number of nitrogens with one attached hydrogen (secondary N) is 1. The number of carbonyl (C=O) groups is 1. The van der Waals surface area contributed by atoms with Crippen molar-refractivity contribution in [2.24, 2.45) is 7.05 Å². The van der Waals surface area contributed by atoms with E-state index in [0.717, 1.165) is 47.8 Å². The van der Waals surface area contributed by atoms with Gasteiger partial charge in [-0.05, 0) is 51.3 Å². The number of anilines is 1. The molecule has 2 aliphatic heterocycles. The highest BCUT2D eigenvalue weighted by atomic mass is 35.5. The van der Waals surface area contributed by atoms with Crippen LogP contribution in [0.25, 0.3) is 0 Å². The van der Waals surface area contributed by atoms with Crippen molar-refractivity contribution in [2.75, 3.05) is 24.2 Å². The number of likely N-dealkylation sites (tertiary alicyclic amines) is 1. The summed E-state index contributed by atoms with van der Waals surface area (Å²) in [4.78, 5) is 14.8. The molecule has 1 unspecified atom stereocenters. The van der Waals surface area contributed by atoms with Crippen LogP contribution in [0.5, 0.6) is 0 Å². The molecule has 2 atom stereocenters. The number of thioether (sulfide) groups is 1. The number of fused-ring (bicyclic) bond motifs is 1. The van der Waals surface area contributed by atoms with Gasteiger partial charge in [-0.3, -0.25) is 9.58 Å². The second-order valence-electron chi connectivity index (χ2n) is 8.95. The molecule has 0 aliphatic carbocycles. The highest BCUT2D eigenvalue weighted by molar-refractivity contribution is 7.99. The topological polar surface area (TPSA) is 59.4 Å². The van der Waals surface area contributed by atoms with Gasteiger partial charge in [-0.15, -0.1) is 11.8 Å². The quantitative estimate of drug-likeness (QED) is 0.564. The van der Waals surface area contributed by atoms with Gasteiger partial charge in [0, 0.05) is 41.5 Å². The lowest BCUT2D eigenvalue weighted by Crippen LogP contribution is -2.36. The molecular formula is C22H28Cl2N4O2S. The minimum atomic E-state index is -0.540.